The largest absolute Gasteiger partial charge is 0.288 e. The molecule has 2 aliphatic rings. The maximum Gasteiger partial charge on any atom is 0.266 e. The fourth-order valence-electron chi connectivity index (χ4n) is 2.16. The number of imide groups is 1. The monoisotopic (exact) mass is 591 g/mol. The Hall–Kier alpha value is -1.23. The van der Waals surface area contributed by atoms with E-state index in [2.05, 4.69) is 79.0 Å². The lowest BCUT2D eigenvalue weighted by atomic mass is 10.1. The summed E-state index contributed by atoms with van der Waals surface area (Å²) in [5, 5.41) is 2.07. The maximum atomic E-state index is 12.1. The molecule has 3 heterocycles. The fraction of sp³-hybridized carbons (Fsp3) is 0. The molecule has 1 N–H and O–H groups in total. The number of rotatable bonds is 0. The van der Waals surface area contributed by atoms with Gasteiger partial charge in [-0.05, 0) is 75.9 Å². The Labute approximate surface area is 175 Å². The first-order valence-corrected chi connectivity index (χ1v) is 9.74. The molecular weight excluding hydrogens is 590 g/mol. The van der Waals surface area contributed by atoms with Crippen molar-refractivity contribution in [1.29, 1.82) is 0 Å². The SMILES string of the molecule is O=C1NC(=O)C(Br)=C1Br.O=C1c2cc(Br)cnc2-c2ncc(Br)cc21. The lowest BCUT2D eigenvalue weighted by molar-refractivity contribution is -0.123. The van der Waals surface area contributed by atoms with Gasteiger partial charge in [-0.25, -0.2) is 0 Å². The van der Waals surface area contributed by atoms with Gasteiger partial charge in [0.25, 0.3) is 11.8 Å². The third-order valence-electron chi connectivity index (χ3n) is 3.24. The first-order chi connectivity index (χ1) is 11.8. The Morgan fingerprint density at radius 3 is 1.44 bits per heavy atom. The highest BCUT2D eigenvalue weighted by Crippen LogP contribution is 2.35. The van der Waals surface area contributed by atoms with Crippen molar-refractivity contribution in [3.63, 3.8) is 0 Å². The molecule has 6 nitrogen and oxygen atoms in total. The van der Waals surface area contributed by atoms with Gasteiger partial charge in [-0.15, -0.1) is 0 Å². The third kappa shape index (κ3) is 3.53. The summed E-state index contributed by atoms with van der Waals surface area (Å²) >= 11 is 12.4. The Balaban J connectivity index is 0.000000173. The Bertz CT molecular complexity index is 912. The molecular formula is C15H5Br4N3O3. The van der Waals surface area contributed by atoms with E-state index in [-0.39, 0.29) is 14.7 Å². The van der Waals surface area contributed by atoms with Crippen molar-refractivity contribution in [3.8, 4) is 11.4 Å². The molecule has 0 bridgehead atoms. The van der Waals surface area contributed by atoms with Crippen LogP contribution in [0.15, 0.2) is 42.4 Å². The van der Waals surface area contributed by atoms with E-state index in [1.807, 2.05) is 0 Å². The van der Waals surface area contributed by atoms with Crippen LogP contribution in [-0.2, 0) is 9.59 Å². The minimum Gasteiger partial charge on any atom is -0.288 e. The highest BCUT2D eigenvalue weighted by atomic mass is 79.9. The number of carbonyl (C=O) groups excluding carboxylic acids is 3. The van der Waals surface area contributed by atoms with Crippen molar-refractivity contribution in [1.82, 2.24) is 15.3 Å². The lowest BCUT2D eigenvalue weighted by Gasteiger charge is -1.97. The number of amides is 2. The first-order valence-electron chi connectivity index (χ1n) is 6.56. The summed E-state index contributed by atoms with van der Waals surface area (Å²) in [5.74, 6) is -0.814. The van der Waals surface area contributed by atoms with Gasteiger partial charge in [-0.3, -0.25) is 29.7 Å². The number of pyridine rings is 2. The molecule has 0 aromatic carbocycles. The predicted octanol–water partition coefficient (Wildman–Crippen LogP) is 3.86. The van der Waals surface area contributed by atoms with Crippen LogP contribution in [0.2, 0.25) is 0 Å². The van der Waals surface area contributed by atoms with Crippen molar-refractivity contribution in [2.75, 3.05) is 0 Å². The number of aromatic nitrogens is 2. The predicted molar refractivity (Wildman–Crippen MR) is 104 cm³/mol. The molecule has 4 rings (SSSR count). The van der Waals surface area contributed by atoms with Crippen molar-refractivity contribution >= 4 is 81.3 Å². The van der Waals surface area contributed by atoms with Crippen LogP contribution in [0.3, 0.4) is 0 Å². The van der Waals surface area contributed by atoms with E-state index in [1.54, 1.807) is 24.5 Å². The zero-order valence-corrected chi connectivity index (χ0v) is 18.3. The summed E-state index contributed by atoms with van der Waals surface area (Å²) < 4.78 is 2.11. The molecule has 2 aromatic heterocycles. The molecule has 0 saturated heterocycles. The van der Waals surface area contributed by atoms with E-state index < -0.39 is 11.8 Å². The van der Waals surface area contributed by atoms with Crippen LogP contribution in [0.5, 0.6) is 0 Å². The molecule has 0 radical (unpaired) electrons. The summed E-state index contributed by atoms with van der Waals surface area (Å²) in [6, 6.07) is 3.56. The minimum absolute atomic E-state index is 0.0207. The van der Waals surface area contributed by atoms with Gasteiger partial charge in [0.15, 0.2) is 5.78 Å². The molecule has 0 atom stereocenters. The first kappa shape index (κ1) is 18.6. The summed E-state index contributed by atoms with van der Waals surface area (Å²) in [6.45, 7) is 0. The van der Waals surface area contributed by atoms with E-state index >= 15 is 0 Å². The lowest BCUT2D eigenvalue weighted by Crippen LogP contribution is -2.21. The number of carbonyl (C=O) groups is 3. The van der Waals surface area contributed by atoms with E-state index in [1.165, 1.54) is 0 Å². The molecule has 25 heavy (non-hydrogen) atoms. The standard InChI is InChI=1S/C11H4Br2N2O.C4HBr2NO2/c12-5-1-7-9(14-3-5)10-8(11(7)16)2-6(13)4-15-10;5-1-2(6)4(9)7-3(1)8/h1-4H;(H,7,8,9). The average Bonchev–Trinajstić information content (AvgIpc) is 2.97. The number of halogens is 4. The van der Waals surface area contributed by atoms with Crippen molar-refractivity contribution < 1.29 is 14.4 Å². The molecule has 1 aliphatic heterocycles. The molecule has 0 unspecified atom stereocenters. The number of nitrogens with zero attached hydrogens (tertiary/aromatic N) is 2. The number of hydrogen-bond acceptors (Lipinski definition) is 5. The molecule has 0 saturated carbocycles. The minimum atomic E-state index is -0.396. The maximum absolute atomic E-state index is 12.1. The molecule has 10 heteroatoms. The second-order valence-electron chi connectivity index (χ2n) is 4.84. The molecule has 2 amide bonds. The zero-order valence-electron chi connectivity index (χ0n) is 11.9. The highest BCUT2D eigenvalue weighted by molar-refractivity contribution is 9.14. The summed E-state index contributed by atoms with van der Waals surface area (Å²) in [6.07, 6.45) is 3.34. The van der Waals surface area contributed by atoms with Crippen LogP contribution >= 0.6 is 63.7 Å². The topological polar surface area (TPSA) is 89.0 Å². The van der Waals surface area contributed by atoms with Gasteiger partial charge in [-0.1, -0.05) is 0 Å². The second-order valence-corrected chi connectivity index (χ2v) is 8.26. The van der Waals surface area contributed by atoms with Crippen LogP contribution in [0.1, 0.15) is 15.9 Å². The third-order valence-corrected chi connectivity index (χ3v) is 6.15. The number of hydrogen-bond donors (Lipinski definition) is 1. The van der Waals surface area contributed by atoms with Crippen LogP contribution in [0.25, 0.3) is 11.4 Å². The normalized spacial score (nSPS) is 14.8. The zero-order chi connectivity index (χ0) is 18.3. The van der Waals surface area contributed by atoms with Gasteiger partial charge in [0, 0.05) is 21.3 Å². The average molecular weight is 595 g/mol. The van der Waals surface area contributed by atoms with Crippen LogP contribution in [-0.4, -0.2) is 27.6 Å². The van der Waals surface area contributed by atoms with Gasteiger partial charge in [0.05, 0.1) is 11.1 Å². The van der Waals surface area contributed by atoms with E-state index in [9.17, 15) is 14.4 Å². The van der Waals surface area contributed by atoms with Gasteiger partial charge >= 0.3 is 0 Å². The van der Waals surface area contributed by atoms with Gasteiger partial charge in [0.2, 0.25) is 0 Å². The number of nitrogens with one attached hydrogen (secondary N) is 1. The molecule has 2 aromatic rings. The summed E-state index contributed by atoms with van der Waals surface area (Å²) in [4.78, 5) is 41.6. The van der Waals surface area contributed by atoms with E-state index in [4.69, 9.17) is 0 Å². The summed E-state index contributed by atoms with van der Waals surface area (Å²) in [7, 11) is 0. The van der Waals surface area contributed by atoms with Crippen LogP contribution in [0, 0.1) is 0 Å². The van der Waals surface area contributed by atoms with Crippen LogP contribution < -0.4 is 5.32 Å². The van der Waals surface area contributed by atoms with Crippen molar-refractivity contribution in [3.05, 3.63) is 53.6 Å². The van der Waals surface area contributed by atoms with E-state index in [0.29, 0.717) is 22.5 Å². The van der Waals surface area contributed by atoms with Gasteiger partial charge < -0.3 is 0 Å². The highest BCUT2D eigenvalue weighted by Gasteiger charge is 2.29. The van der Waals surface area contributed by atoms with Crippen molar-refractivity contribution in [2.45, 2.75) is 0 Å². The number of fused-ring (bicyclic) bond motifs is 3. The number of ketones is 1. The Morgan fingerprint density at radius 2 is 1.12 bits per heavy atom. The Morgan fingerprint density at radius 1 is 0.720 bits per heavy atom. The van der Waals surface area contributed by atoms with Gasteiger partial charge in [0.1, 0.15) is 20.4 Å². The molecule has 0 fully saturated rings. The molecule has 126 valence electrons. The van der Waals surface area contributed by atoms with E-state index in [0.717, 1.165) is 8.95 Å². The van der Waals surface area contributed by atoms with Crippen molar-refractivity contribution in [2.24, 2.45) is 0 Å². The fourth-order valence-corrected chi connectivity index (χ4v) is 3.38. The van der Waals surface area contributed by atoms with Crippen LogP contribution in [0.4, 0.5) is 0 Å². The summed E-state index contributed by atoms with van der Waals surface area (Å²) in [5.41, 5.74) is 2.54. The smallest absolute Gasteiger partial charge is 0.266 e. The van der Waals surface area contributed by atoms with Gasteiger partial charge in [-0.2, -0.15) is 0 Å². The Kier molecular flexibility index (Phi) is 5.33. The molecule has 0 spiro atoms. The molecule has 1 aliphatic carbocycles. The quantitative estimate of drug-likeness (QED) is 0.400. The second kappa shape index (κ2) is 7.18.